The minimum atomic E-state index is 0.581. The zero-order chi connectivity index (χ0) is 6.85. The van der Waals surface area contributed by atoms with Gasteiger partial charge in [-0.2, -0.15) is 0 Å². The van der Waals surface area contributed by atoms with Crippen LogP contribution in [0.2, 0.25) is 0 Å². The molecule has 0 aromatic carbocycles. The van der Waals surface area contributed by atoms with E-state index < -0.39 is 0 Å². The molecule has 1 aliphatic rings. The van der Waals surface area contributed by atoms with Gasteiger partial charge >= 0.3 is 0 Å². The molecule has 1 rings (SSSR count). The van der Waals surface area contributed by atoms with E-state index in [1.807, 2.05) is 0 Å². The zero-order valence-corrected chi connectivity index (χ0v) is 6.55. The van der Waals surface area contributed by atoms with Crippen molar-refractivity contribution in [2.24, 2.45) is 11.8 Å². The Morgan fingerprint density at radius 3 is 2.22 bits per heavy atom. The van der Waals surface area contributed by atoms with Crippen molar-refractivity contribution in [1.29, 1.82) is 0 Å². The van der Waals surface area contributed by atoms with Crippen LogP contribution in [-0.4, -0.2) is 13.2 Å². The molecule has 0 aromatic heterocycles. The van der Waals surface area contributed by atoms with Crippen LogP contribution in [0, 0.1) is 11.8 Å². The molecule has 1 heteroatoms. The van der Waals surface area contributed by atoms with E-state index in [1.165, 1.54) is 12.8 Å². The molecular weight excluding hydrogens is 112 g/mol. The van der Waals surface area contributed by atoms with E-state index in [0.717, 1.165) is 11.8 Å². The summed E-state index contributed by atoms with van der Waals surface area (Å²) in [5, 5.41) is 0. The third-order valence-corrected chi connectivity index (χ3v) is 2.41. The minimum Gasteiger partial charge on any atom is -0.381 e. The number of methoxy groups -OCH3 is 1. The summed E-state index contributed by atoms with van der Waals surface area (Å²) < 4.78 is 5.17. The van der Waals surface area contributed by atoms with Crippen molar-refractivity contribution in [2.75, 3.05) is 7.11 Å². The van der Waals surface area contributed by atoms with Crippen LogP contribution in [0.4, 0.5) is 0 Å². The summed E-state index contributed by atoms with van der Waals surface area (Å²) in [7, 11) is 1.81. The Labute approximate surface area is 57.4 Å². The van der Waals surface area contributed by atoms with Gasteiger partial charge in [-0.25, -0.2) is 0 Å². The first kappa shape index (κ1) is 7.07. The average Bonchev–Trinajstić information content (AvgIpc) is 1.61. The normalized spacial score (nSPS) is 34.7. The predicted octanol–water partition coefficient (Wildman–Crippen LogP) is 2.07. The summed E-state index contributed by atoms with van der Waals surface area (Å²) in [6, 6.07) is 0. The van der Waals surface area contributed by atoms with Gasteiger partial charge in [-0.3, -0.25) is 0 Å². The van der Waals surface area contributed by atoms with Gasteiger partial charge in [0.15, 0.2) is 0 Å². The highest BCUT2D eigenvalue weighted by atomic mass is 16.5. The van der Waals surface area contributed by atoms with E-state index in [1.54, 1.807) is 7.11 Å². The molecule has 1 nitrogen and oxygen atoms in total. The molecule has 0 saturated heterocycles. The molecule has 0 N–H and O–H groups in total. The van der Waals surface area contributed by atoms with Gasteiger partial charge in [0.2, 0.25) is 0 Å². The lowest BCUT2D eigenvalue weighted by Crippen LogP contribution is -2.33. The van der Waals surface area contributed by atoms with E-state index in [2.05, 4.69) is 13.8 Å². The molecule has 1 fully saturated rings. The molecule has 0 aromatic rings. The Kier molecular flexibility index (Phi) is 2.12. The van der Waals surface area contributed by atoms with E-state index in [4.69, 9.17) is 4.74 Å². The highest BCUT2D eigenvalue weighted by Crippen LogP contribution is 2.34. The van der Waals surface area contributed by atoms with E-state index in [9.17, 15) is 0 Å². The molecule has 0 amide bonds. The largest absolute Gasteiger partial charge is 0.381 e. The highest BCUT2D eigenvalue weighted by Gasteiger charge is 2.30. The van der Waals surface area contributed by atoms with Crippen molar-refractivity contribution in [3.8, 4) is 0 Å². The van der Waals surface area contributed by atoms with Gasteiger partial charge in [-0.15, -0.1) is 0 Å². The summed E-state index contributed by atoms with van der Waals surface area (Å²) >= 11 is 0. The second-order valence-electron chi connectivity index (χ2n) is 3.33. The minimum absolute atomic E-state index is 0.581. The SMILES string of the molecule is CO[C@H]1C[C@H](C(C)C)C1. The maximum atomic E-state index is 5.17. The van der Waals surface area contributed by atoms with Crippen molar-refractivity contribution >= 4 is 0 Å². The standard InChI is InChI=1S/C8H16O/c1-6(2)7-4-8(5-7)9-3/h6-8H,4-5H2,1-3H3/t7-,8-. The van der Waals surface area contributed by atoms with Gasteiger partial charge < -0.3 is 4.74 Å². The van der Waals surface area contributed by atoms with Crippen molar-refractivity contribution in [1.82, 2.24) is 0 Å². The quantitative estimate of drug-likeness (QED) is 0.553. The van der Waals surface area contributed by atoms with Crippen LogP contribution >= 0.6 is 0 Å². The third-order valence-electron chi connectivity index (χ3n) is 2.41. The number of hydrogen-bond donors (Lipinski definition) is 0. The van der Waals surface area contributed by atoms with E-state index in [0.29, 0.717) is 6.10 Å². The lowest BCUT2D eigenvalue weighted by Gasteiger charge is -2.36. The first-order valence-electron chi connectivity index (χ1n) is 3.76. The molecule has 1 aliphatic carbocycles. The fourth-order valence-corrected chi connectivity index (χ4v) is 1.34. The molecule has 0 radical (unpaired) electrons. The van der Waals surface area contributed by atoms with E-state index in [-0.39, 0.29) is 0 Å². The summed E-state index contributed by atoms with van der Waals surface area (Å²) in [5.41, 5.74) is 0. The summed E-state index contributed by atoms with van der Waals surface area (Å²) in [6.07, 6.45) is 3.15. The highest BCUT2D eigenvalue weighted by molar-refractivity contribution is 4.81. The van der Waals surface area contributed by atoms with Crippen molar-refractivity contribution < 1.29 is 4.74 Å². The maximum Gasteiger partial charge on any atom is 0.0576 e. The molecule has 54 valence electrons. The molecule has 0 bridgehead atoms. The van der Waals surface area contributed by atoms with Gasteiger partial charge in [0, 0.05) is 7.11 Å². The fraction of sp³-hybridized carbons (Fsp3) is 1.00. The van der Waals surface area contributed by atoms with Crippen LogP contribution in [0.5, 0.6) is 0 Å². The first-order valence-corrected chi connectivity index (χ1v) is 3.76. The van der Waals surface area contributed by atoms with Gasteiger partial charge in [0.05, 0.1) is 6.10 Å². The van der Waals surface area contributed by atoms with E-state index >= 15 is 0 Å². The number of ether oxygens (including phenoxy) is 1. The topological polar surface area (TPSA) is 9.23 Å². The van der Waals surface area contributed by atoms with Crippen LogP contribution in [0.25, 0.3) is 0 Å². The molecule has 0 aliphatic heterocycles. The Morgan fingerprint density at radius 1 is 1.33 bits per heavy atom. The van der Waals surface area contributed by atoms with Gasteiger partial charge in [-0.05, 0) is 24.7 Å². The van der Waals surface area contributed by atoms with Crippen molar-refractivity contribution in [2.45, 2.75) is 32.8 Å². The second kappa shape index (κ2) is 2.70. The average molecular weight is 128 g/mol. The molecule has 0 unspecified atom stereocenters. The number of hydrogen-bond acceptors (Lipinski definition) is 1. The maximum absolute atomic E-state index is 5.17. The van der Waals surface area contributed by atoms with Gasteiger partial charge in [-0.1, -0.05) is 13.8 Å². The molecular formula is C8H16O. The number of rotatable bonds is 2. The molecule has 0 spiro atoms. The lowest BCUT2D eigenvalue weighted by molar-refractivity contribution is -0.0146. The monoisotopic (exact) mass is 128 g/mol. The van der Waals surface area contributed by atoms with Crippen molar-refractivity contribution in [3.05, 3.63) is 0 Å². The summed E-state index contributed by atoms with van der Waals surface area (Å²) in [4.78, 5) is 0. The Balaban J connectivity index is 2.12. The fourth-order valence-electron chi connectivity index (χ4n) is 1.34. The lowest BCUT2D eigenvalue weighted by atomic mass is 9.75. The Morgan fingerprint density at radius 2 is 1.89 bits per heavy atom. The van der Waals surface area contributed by atoms with Crippen LogP contribution in [-0.2, 0) is 4.74 Å². The Bertz CT molecular complexity index is 82.6. The van der Waals surface area contributed by atoms with Crippen LogP contribution in [0.3, 0.4) is 0 Å². The molecule has 9 heavy (non-hydrogen) atoms. The molecule has 0 heterocycles. The van der Waals surface area contributed by atoms with Crippen molar-refractivity contribution in [3.63, 3.8) is 0 Å². The first-order chi connectivity index (χ1) is 4.24. The summed E-state index contributed by atoms with van der Waals surface area (Å²) in [5.74, 6) is 1.80. The Hall–Kier alpha value is -0.0400. The zero-order valence-electron chi connectivity index (χ0n) is 6.55. The molecule has 1 saturated carbocycles. The smallest absolute Gasteiger partial charge is 0.0576 e. The van der Waals surface area contributed by atoms with Crippen LogP contribution < -0.4 is 0 Å². The van der Waals surface area contributed by atoms with Gasteiger partial charge in [0.1, 0.15) is 0 Å². The summed E-state index contributed by atoms with van der Waals surface area (Å²) in [6.45, 7) is 4.58. The van der Waals surface area contributed by atoms with Crippen LogP contribution in [0.1, 0.15) is 26.7 Å². The predicted molar refractivity (Wildman–Crippen MR) is 38.4 cm³/mol. The third kappa shape index (κ3) is 1.45. The van der Waals surface area contributed by atoms with Gasteiger partial charge in [0.25, 0.3) is 0 Å². The second-order valence-corrected chi connectivity index (χ2v) is 3.33. The van der Waals surface area contributed by atoms with Crippen LogP contribution in [0.15, 0.2) is 0 Å². The molecule has 0 atom stereocenters.